The van der Waals surface area contributed by atoms with Crippen molar-refractivity contribution in [1.82, 2.24) is 14.5 Å². The summed E-state index contributed by atoms with van der Waals surface area (Å²) in [6.45, 7) is 7.87. The van der Waals surface area contributed by atoms with Crippen molar-refractivity contribution in [3.63, 3.8) is 0 Å². The molecule has 3 rings (SSSR count). The molecule has 102 valence electrons. The highest BCUT2D eigenvalue weighted by Crippen LogP contribution is 2.21. The number of fused-ring (bicyclic) bond motifs is 1. The minimum atomic E-state index is 0.566. The first kappa shape index (κ1) is 12.5. The molecule has 0 spiro atoms. The van der Waals surface area contributed by atoms with E-state index in [-0.39, 0.29) is 0 Å². The second-order valence-corrected chi connectivity index (χ2v) is 5.61. The Balaban J connectivity index is 1.89. The van der Waals surface area contributed by atoms with E-state index in [2.05, 4.69) is 34.4 Å². The molecule has 0 saturated carbocycles. The summed E-state index contributed by atoms with van der Waals surface area (Å²) in [5.41, 5.74) is 8.81. The van der Waals surface area contributed by atoms with Gasteiger partial charge >= 0.3 is 0 Å². The van der Waals surface area contributed by atoms with Gasteiger partial charge in [0.1, 0.15) is 5.82 Å². The Morgan fingerprint density at radius 2 is 2.05 bits per heavy atom. The number of imidazole rings is 1. The minimum Gasteiger partial charge on any atom is -0.399 e. The van der Waals surface area contributed by atoms with E-state index in [4.69, 9.17) is 5.73 Å². The molecule has 1 fully saturated rings. The van der Waals surface area contributed by atoms with Crippen LogP contribution in [-0.4, -0.2) is 33.6 Å². The molecule has 1 aromatic carbocycles. The lowest BCUT2D eigenvalue weighted by Gasteiger charge is -2.24. The Labute approximate surface area is 114 Å². The summed E-state index contributed by atoms with van der Waals surface area (Å²) in [7, 11) is 0. The summed E-state index contributed by atoms with van der Waals surface area (Å²) in [5.74, 6) is 1.08. The number of aromatic nitrogens is 2. The molecular weight excluding hydrogens is 236 g/mol. The van der Waals surface area contributed by atoms with Gasteiger partial charge in [0, 0.05) is 18.3 Å². The van der Waals surface area contributed by atoms with E-state index < -0.39 is 0 Å². The Morgan fingerprint density at radius 1 is 1.32 bits per heavy atom. The van der Waals surface area contributed by atoms with Crippen molar-refractivity contribution in [2.45, 2.75) is 39.3 Å². The van der Waals surface area contributed by atoms with Crippen molar-refractivity contribution in [3.8, 4) is 0 Å². The van der Waals surface area contributed by atoms with E-state index in [1.807, 2.05) is 12.1 Å². The van der Waals surface area contributed by atoms with E-state index in [1.54, 1.807) is 0 Å². The molecule has 0 bridgehead atoms. The van der Waals surface area contributed by atoms with Gasteiger partial charge in [0.25, 0.3) is 0 Å². The van der Waals surface area contributed by atoms with Gasteiger partial charge in [-0.05, 0) is 58.0 Å². The molecule has 4 nitrogen and oxygen atoms in total. The van der Waals surface area contributed by atoms with Crippen LogP contribution in [0.5, 0.6) is 0 Å². The molecular formula is C15H22N4. The predicted octanol–water partition coefficient (Wildman–Crippen LogP) is 2.41. The normalized spacial score (nSPS) is 18.2. The van der Waals surface area contributed by atoms with Crippen LogP contribution in [0.4, 0.5) is 5.69 Å². The quantitative estimate of drug-likeness (QED) is 0.860. The number of benzene rings is 1. The van der Waals surface area contributed by atoms with E-state index in [9.17, 15) is 0 Å². The average Bonchev–Trinajstić information content (AvgIpc) is 2.98. The molecule has 1 aromatic heterocycles. The van der Waals surface area contributed by atoms with Crippen molar-refractivity contribution in [3.05, 3.63) is 24.0 Å². The second kappa shape index (κ2) is 4.85. The van der Waals surface area contributed by atoms with Crippen molar-refractivity contribution in [1.29, 1.82) is 0 Å². The highest BCUT2D eigenvalue weighted by Gasteiger charge is 2.19. The fourth-order valence-corrected chi connectivity index (χ4v) is 3.06. The summed E-state index contributed by atoms with van der Waals surface area (Å²) in [4.78, 5) is 7.19. The number of likely N-dealkylation sites (tertiary alicyclic amines) is 1. The van der Waals surface area contributed by atoms with Gasteiger partial charge in [-0.3, -0.25) is 4.90 Å². The summed E-state index contributed by atoms with van der Waals surface area (Å²) in [5, 5.41) is 0. The van der Waals surface area contributed by atoms with Gasteiger partial charge in [-0.15, -0.1) is 0 Å². The number of hydrogen-bond donors (Lipinski definition) is 1. The van der Waals surface area contributed by atoms with Crippen molar-refractivity contribution in [2.75, 3.05) is 18.8 Å². The maximum atomic E-state index is 5.83. The lowest BCUT2D eigenvalue weighted by Crippen LogP contribution is -2.33. The van der Waals surface area contributed by atoms with Gasteiger partial charge in [0.2, 0.25) is 0 Å². The summed E-state index contributed by atoms with van der Waals surface area (Å²) < 4.78 is 2.32. The summed E-state index contributed by atoms with van der Waals surface area (Å²) >= 11 is 0. The fraction of sp³-hybridized carbons (Fsp3) is 0.533. The molecule has 1 aliphatic rings. The van der Waals surface area contributed by atoms with Gasteiger partial charge in [0.05, 0.1) is 11.0 Å². The maximum absolute atomic E-state index is 5.83. The first-order valence-corrected chi connectivity index (χ1v) is 7.11. The first-order chi connectivity index (χ1) is 9.15. The van der Waals surface area contributed by atoms with Crippen LogP contribution in [0, 0.1) is 6.92 Å². The highest BCUT2D eigenvalue weighted by molar-refractivity contribution is 5.79. The monoisotopic (exact) mass is 258 g/mol. The zero-order chi connectivity index (χ0) is 13.4. The SMILES string of the molecule is Cc1nc2cc(N)ccc2n1CC(C)N1CCCC1. The minimum absolute atomic E-state index is 0.566. The number of aryl methyl sites for hydroxylation is 1. The Bertz CT molecular complexity index is 581. The van der Waals surface area contributed by atoms with Gasteiger partial charge in [0.15, 0.2) is 0 Å². The molecule has 2 heterocycles. The van der Waals surface area contributed by atoms with Crippen LogP contribution in [0.25, 0.3) is 11.0 Å². The molecule has 1 atom stereocenters. The number of rotatable bonds is 3. The lowest BCUT2D eigenvalue weighted by molar-refractivity contribution is 0.236. The Hall–Kier alpha value is -1.55. The number of nitrogens with two attached hydrogens (primary N) is 1. The van der Waals surface area contributed by atoms with Gasteiger partial charge in [-0.1, -0.05) is 0 Å². The van der Waals surface area contributed by atoms with Gasteiger partial charge < -0.3 is 10.3 Å². The van der Waals surface area contributed by atoms with E-state index in [0.29, 0.717) is 6.04 Å². The van der Waals surface area contributed by atoms with Gasteiger partial charge in [-0.25, -0.2) is 4.98 Å². The number of nitrogens with zero attached hydrogens (tertiary/aromatic N) is 3. The van der Waals surface area contributed by atoms with E-state index in [0.717, 1.165) is 23.6 Å². The molecule has 0 radical (unpaired) electrons. The molecule has 1 aliphatic heterocycles. The zero-order valence-corrected chi connectivity index (χ0v) is 11.8. The molecule has 2 aromatic rings. The average molecular weight is 258 g/mol. The zero-order valence-electron chi connectivity index (χ0n) is 11.8. The van der Waals surface area contributed by atoms with Crippen LogP contribution in [0.1, 0.15) is 25.6 Å². The number of nitrogen functional groups attached to an aromatic ring is 1. The maximum Gasteiger partial charge on any atom is 0.106 e. The van der Waals surface area contributed by atoms with Crippen molar-refractivity contribution >= 4 is 16.7 Å². The molecule has 1 unspecified atom stereocenters. The van der Waals surface area contributed by atoms with Crippen LogP contribution in [-0.2, 0) is 6.54 Å². The first-order valence-electron chi connectivity index (χ1n) is 7.11. The third-order valence-corrected chi connectivity index (χ3v) is 4.17. The van der Waals surface area contributed by atoms with Crippen LogP contribution in [0.3, 0.4) is 0 Å². The number of anilines is 1. The van der Waals surface area contributed by atoms with Crippen LogP contribution < -0.4 is 5.73 Å². The van der Waals surface area contributed by atoms with Gasteiger partial charge in [-0.2, -0.15) is 0 Å². The van der Waals surface area contributed by atoms with Crippen LogP contribution >= 0.6 is 0 Å². The second-order valence-electron chi connectivity index (χ2n) is 5.61. The molecule has 2 N–H and O–H groups in total. The topological polar surface area (TPSA) is 47.1 Å². The predicted molar refractivity (Wildman–Crippen MR) is 79.2 cm³/mol. The molecule has 0 aliphatic carbocycles. The highest BCUT2D eigenvalue weighted by atomic mass is 15.2. The standard InChI is InChI=1S/C15H22N4/c1-11(18-7-3-4-8-18)10-19-12(2)17-14-9-13(16)5-6-15(14)19/h5-6,9,11H,3-4,7-8,10,16H2,1-2H3. The number of hydrogen-bond acceptors (Lipinski definition) is 3. The van der Waals surface area contributed by atoms with E-state index >= 15 is 0 Å². The molecule has 4 heteroatoms. The van der Waals surface area contributed by atoms with Crippen LogP contribution in [0.2, 0.25) is 0 Å². The third-order valence-electron chi connectivity index (χ3n) is 4.17. The largest absolute Gasteiger partial charge is 0.399 e. The summed E-state index contributed by atoms with van der Waals surface area (Å²) in [6.07, 6.45) is 2.68. The van der Waals surface area contributed by atoms with Crippen molar-refractivity contribution < 1.29 is 0 Å². The fourth-order valence-electron chi connectivity index (χ4n) is 3.06. The van der Waals surface area contributed by atoms with Crippen molar-refractivity contribution in [2.24, 2.45) is 0 Å². The molecule has 1 saturated heterocycles. The lowest BCUT2D eigenvalue weighted by atomic mass is 10.2. The van der Waals surface area contributed by atoms with E-state index in [1.165, 1.54) is 31.4 Å². The summed E-state index contributed by atoms with van der Waals surface area (Å²) in [6, 6.07) is 6.57. The third kappa shape index (κ3) is 2.32. The Morgan fingerprint density at radius 3 is 2.79 bits per heavy atom. The molecule has 0 amide bonds. The smallest absolute Gasteiger partial charge is 0.106 e. The molecule has 19 heavy (non-hydrogen) atoms. The Kier molecular flexibility index (Phi) is 3.19. The van der Waals surface area contributed by atoms with Crippen LogP contribution in [0.15, 0.2) is 18.2 Å².